The van der Waals surface area contributed by atoms with E-state index in [0.29, 0.717) is 6.04 Å². The van der Waals surface area contributed by atoms with Gasteiger partial charge < -0.3 is 5.32 Å². The summed E-state index contributed by atoms with van der Waals surface area (Å²) >= 11 is 5.58. The molecule has 2 unspecified atom stereocenters. The number of thiophene rings is 1. The quantitative estimate of drug-likeness (QED) is 0.787. The van der Waals surface area contributed by atoms with Crippen molar-refractivity contribution in [2.45, 2.75) is 46.6 Å². The van der Waals surface area contributed by atoms with Gasteiger partial charge in [0.05, 0.1) is 0 Å². The number of hydrogen-bond acceptors (Lipinski definition) is 2. The van der Waals surface area contributed by atoms with Crippen molar-refractivity contribution in [2.75, 3.05) is 6.54 Å². The summed E-state index contributed by atoms with van der Waals surface area (Å²) in [6.45, 7) is 9.98. The Morgan fingerprint density at radius 2 is 2.12 bits per heavy atom. The van der Waals surface area contributed by atoms with Crippen molar-refractivity contribution in [3.8, 4) is 0 Å². The maximum absolute atomic E-state index is 3.67. The maximum Gasteiger partial charge on any atom is 0.0428 e. The fourth-order valence-corrected chi connectivity index (χ4v) is 3.85. The molecule has 16 heavy (non-hydrogen) atoms. The molecule has 1 heterocycles. The zero-order valence-electron chi connectivity index (χ0n) is 10.6. The normalized spacial score (nSPS) is 15.1. The zero-order valence-corrected chi connectivity index (χ0v) is 13.0. The lowest BCUT2D eigenvalue weighted by molar-refractivity contribution is 0.412. The van der Waals surface area contributed by atoms with Gasteiger partial charge >= 0.3 is 0 Å². The average molecular weight is 304 g/mol. The molecule has 0 bridgehead atoms. The van der Waals surface area contributed by atoms with Crippen molar-refractivity contribution in [1.29, 1.82) is 0 Å². The highest BCUT2D eigenvalue weighted by Gasteiger charge is 2.18. The van der Waals surface area contributed by atoms with Crippen molar-refractivity contribution >= 4 is 27.3 Å². The monoisotopic (exact) mass is 303 g/mol. The van der Waals surface area contributed by atoms with Gasteiger partial charge in [-0.1, -0.05) is 27.2 Å². The van der Waals surface area contributed by atoms with E-state index < -0.39 is 0 Å². The Kier molecular flexibility index (Phi) is 6.01. The summed E-state index contributed by atoms with van der Waals surface area (Å²) in [6, 6.07) is 2.73. The van der Waals surface area contributed by atoms with Gasteiger partial charge in [-0.05, 0) is 47.8 Å². The molecule has 92 valence electrons. The van der Waals surface area contributed by atoms with Crippen LogP contribution in [0, 0.1) is 12.8 Å². The molecule has 0 radical (unpaired) electrons. The molecule has 0 saturated heterocycles. The molecule has 1 rings (SSSR count). The van der Waals surface area contributed by atoms with Crippen LogP contribution in [0.5, 0.6) is 0 Å². The third-order valence-corrected chi connectivity index (χ3v) is 5.02. The third kappa shape index (κ3) is 3.86. The van der Waals surface area contributed by atoms with E-state index >= 15 is 0 Å². The lowest BCUT2D eigenvalue weighted by Crippen LogP contribution is -2.22. The molecule has 0 aromatic carbocycles. The summed E-state index contributed by atoms with van der Waals surface area (Å²) in [5.41, 5.74) is 0. The van der Waals surface area contributed by atoms with Crippen molar-refractivity contribution in [3.63, 3.8) is 0 Å². The van der Waals surface area contributed by atoms with Gasteiger partial charge in [0, 0.05) is 20.3 Å². The number of aryl methyl sites for hydroxylation is 1. The van der Waals surface area contributed by atoms with Gasteiger partial charge in [0.25, 0.3) is 0 Å². The van der Waals surface area contributed by atoms with Gasteiger partial charge in [-0.3, -0.25) is 0 Å². The van der Waals surface area contributed by atoms with Crippen LogP contribution in [0.2, 0.25) is 0 Å². The SMILES string of the molecule is CCNC(CC(C)CC)c1sc(C)cc1Br. The summed E-state index contributed by atoms with van der Waals surface area (Å²) in [7, 11) is 0. The molecule has 0 saturated carbocycles. The van der Waals surface area contributed by atoms with Gasteiger partial charge in [-0.15, -0.1) is 11.3 Å². The minimum Gasteiger partial charge on any atom is -0.309 e. The van der Waals surface area contributed by atoms with Crippen molar-refractivity contribution in [1.82, 2.24) is 5.32 Å². The molecule has 0 aliphatic rings. The molecular weight excluding hydrogens is 282 g/mol. The van der Waals surface area contributed by atoms with Crippen molar-refractivity contribution in [2.24, 2.45) is 5.92 Å². The van der Waals surface area contributed by atoms with E-state index in [4.69, 9.17) is 0 Å². The van der Waals surface area contributed by atoms with E-state index in [1.165, 1.54) is 27.1 Å². The number of hydrogen-bond donors (Lipinski definition) is 1. The minimum atomic E-state index is 0.507. The number of rotatable bonds is 6. The molecule has 0 amide bonds. The molecule has 1 nitrogen and oxygen atoms in total. The zero-order chi connectivity index (χ0) is 12.1. The summed E-state index contributed by atoms with van der Waals surface area (Å²) in [6.07, 6.45) is 2.48. The fraction of sp³-hybridized carbons (Fsp3) is 0.692. The molecule has 2 atom stereocenters. The van der Waals surface area contributed by atoms with Crippen LogP contribution in [0.25, 0.3) is 0 Å². The summed E-state index contributed by atoms with van der Waals surface area (Å²) < 4.78 is 1.27. The van der Waals surface area contributed by atoms with Crippen LogP contribution in [0.1, 0.15) is 49.4 Å². The van der Waals surface area contributed by atoms with Gasteiger partial charge in [0.15, 0.2) is 0 Å². The molecule has 1 aromatic heterocycles. The summed E-state index contributed by atoms with van der Waals surface area (Å²) in [5, 5.41) is 3.60. The lowest BCUT2D eigenvalue weighted by Gasteiger charge is -2.20. The van der Waals surface area contributed by atoms with E-state index in [1.807, 2.05) is 11.3 Å². The summed E-state index contributed by atoms with van der Waals surface area (Å²) in [4.78, 5) is 2.84. The molecule has 0 aliphatic heterocycles. The van der Waals surface area contributed by atoms with Gasteiger partial charge in [-0.2, -0.15) is 0 Å². The first-order valence-electron chi connectivity index (χ1n) is 6.07. The molecule has 1 N–H and O–H groups in total. The first-order chi connectivity index (χ1) is 7.58. The van der Waals surface area contributed by atoms with Crippen LogP contribution >= 0.6 is 27.3 Å². The highest BCUT2D eigenvalue weighted by Crippen LogP contribution is 2.35. The average Bonchev–Trinajstić information content (AvgIpc) is 2.57. The van der Waals surface area contributed by atoms with Gasteiger partial charge in [-0.25, -0.2) is 0 Å². The van der Waals surface area contributed by atoms with Crippen molar-refractivity contribution < 1.29 is 0 Å². The second-order valence-corrected chi connectivity index (χ2v) is 6.57. The van der Waals surface area contributed by atoms with E-state index in [-0.39, 0.29) is 0 Å². The summed E-state index contributed by atoms with van der Waals surface area (Å²) in [5.74, 6) is 0.776. The van der Waals surface area contributed by atoms with E-state index in [0.717, 1.165) is 12.5 Å². The maximum atomic E-state index is 3.67. The highest BCUT2D eigenvalue weighted by molar-refractivity contribution is 9.10. The van der Waals surface area contributed by atoms with Gasteiger partial charge in [0.2, 0.25) is 0 Å². The van der Waals surface area contributed by atoms with Crippen LogP contribution < -0.4 is 5.32 Å². The van der Waals surface area contributed by atoms with Crippen molar-refractivity contribution in [3.05, 3.63) is 20.3 Å². The van der Waals surface area contributed by atoms with E-state index in [1.54, 1.807) is 0 Å². The first-order valence-corrected chi connectivity index (χ1v) is 7.68. The number of nitrogens with one attached hydrogen (secondary N) is 1. The molecule has 0 fully saturated rings. The fourth-order valence-electron chi connectivity index (χ4n) is 1.84. The second-order valence-electron chi connectivity index (χ2n) is 4.43. The molecule has 3 heteroatoms. The Bertz CT molecular complexity index is 322. The Morgan fingerprint density at radius 1 is 1.44 bits per heavy atom. The smallest absolute Gasteiger partial charge is 0.0428 e. The topological polar surface area (TPSA) is 12.0 Å². The van der Waals surface area contributed by atoms with Gasteiger partial charge in [0.1, 0.15) is 0 Å². The molecule has 1 aromatic rings. The van der Waals surface area contributed by atoms with Crippen LogP contribution in [0.15, 0.2) is 10.5 Å². The third-order valence-electron chi connectivity index (χ3n) is 2.94. The first kappa shape index (κ1) is 14.2. The van der Waals surface area contributed by atoms with Crippen LogP contribution in [0.3, 0.4) is 0 Å². The predicted molar refractivity (Wildman–Crippen MR) is 77.2 cm³/mol. The van der Waals surface area contributed by atoms with E-state index in [2.05, 4.69) is 55.0 Å². The predicted octanol–water partition coefficient (Wildman–Crippen LogP) is 4.91. The Morgan fingerprint density at radius 3 is 2.56 bits per heavy atom. The van der Waals surface area contributed by atoms with Crippen LogP contribution in [-0.4, -0.2) is 6.54 Å². The standard InChI is InChI=1S/C13H22BrNS/c1-5-9(3)7-12(15-6-2)13-11(14)8-10(4)16-13/h8-9,12,15H,5-7H2,1-4H3. The van der Waals surface area contributed by atoms with Crippen LogP contribution in [0.4, 0.5) is 0 Å². The minimum absolute atomic E-state index is 0.507. The van der Waals surface area contributed by atoms with Crippen LogP contribution in [-0.2, 0) is 0 Å². The molecule has 0 aliphatic carbocycles. The Labute approximate surface area is 112 Å². The molecule has 0 spiro atoms. The van der Waals surface area contributed by atoms with E-state index in [9.17, 15) is 0 Å². The second kappa shape index (κ2) is 6.77. The Balaban J connectivity index is 2.80. The largest absolute Gasteiger partial charge is 0.309 e. The highest BCUT2D eigenvalue weighted by atomic mass is 79.9. The number of halogens is 1. The Hall–Kier alpha value is 0.140. The molecular formula is C13H22BrNS. The lowest BCUT2D eigenvalue weighted by atomic mass is 9.98.